The molecule has 94 valence electrons. The molecule has 0 aromatic heterocycles. The Labute approximate surface area is 111 Å². The molecule has 0 atom stereocenters. The monoisotopic (exact) mass is 273 g/mol. The third kappa shape index (κ3) is 3.91. The molecule has 0 aliphatic rings. The highest BCUT2D eigenvalue weighted by Gasteiger charge is 2.15. The number of benzene rings is 1. The number of rotatable bonds is 5. The van der Waals surface area contributed by atoms with E-state index in [1.807, 2.05) is 12.3 Å². The number of hydrogen-bond acceptors (Lipinski definition) is 3. The standard InChI is InChI=1S/C12H16ClNO2S/c1-14(6-3-7-15)12(16)10-8-9(17-2)4-5-11(10)13/h4-5,8,15H,3,6-7H2,1-2H3. The smallest absolute Gasteiger partial charge is 0.255 e. The van der Waals surface area contributed by atoms with Crippen molar-refractivity contribution in [1.29, 1.82) is 0 Å². The molecule has 1 amide bonds. The average Bonchev–Trinajstić information content (AvgIpc) is 2.35. The Morgan fingerprint density at radius 2 is 2.24 bits per heavy atom. The Bertz CT molecular complexity index is 398. The number of nitrogens with zero attached hydrogens (tertiary/aromatic N) is 1. The van der Waals surface area contributed by atoms with Crippen LogP contribution in [-0.2, 0) is 0 Å². The number of amides is 1. The normalized spacial score (nSPS) is 10.4. The molecule has 0 spiro atoms. The molecule has 1 aromatic rings. The molecule has 0 aliphatic carbocycles. The van der Waals surface area contributed by atoms with Crippen LogP contribution in [0.3, 0.4) is 0 Å². The molecule has 1 aromatic carbocycles. The SMILES string of the molecule is CSc1ccc(Cl)c(C(=O)N(C)CCCO)c1. The minimum Gasteiger partial charge on any atom is -0.396 e. The molecule has 3 nitrogen and oxygen atoms in total. The summed E-state index contributed by atoms with van der Waals surface area (Å²) in [5, 5.41) is 9.20. The van der Waals surface area contributed by atoms with E-state index in [0.717, 1.165) is 4.90 Å². The van der Waals surface area contributed by atoms with Gasteiger partial charge in [-0.1, -0.05) is 11.6 Å². The van der Waals surface area contributed by atoms with Gasteiger partial charge in [0.1, 0.15) is 0 Å². The lowest BCUT2D eigenvalue weighted by Gasteiger charge is -2.17. The van der Waals surface area contributed by atoms with Crippen molar-refractivity contribution in [2.24, 2.45) is 0 Å². The molecule has 0 heterocycles. The molecule has 0 radical (unpaired) electrons. The summed E-state index contributed by atoms with van der Waals surface area (Å²) in [4.78, 5) is 14.7. The first-order valence-corrected chi connectivity index (χ1v) is 6.90. The van der Waals surface area contributed by atoms with Gasteiger partial charge in [0.15, 0.2) is 0 Å². The van der Waals surface area contributed by atoms with E-state index in [1.54, 1.807) is 35.8 Å². The number of carbonyl (C=O) groups is 1. The van der Waals surface area contributed by atoms with Crippen LogP contribution in [0.15, 0.2) is 23.1 Å². The van der Waals surface area contributed by atoms with Crippen LogP contribution in [0.1, 0.15) is 16.8 Å². The molecular weight excluding hydrogens is 258 g/mol. The number of carbonyl (C=O) groups excluding carboxylic acids is 1. The second kappa shape index (κ2) is 6.89. The predicted octanol–water partition coefficient (Wildman–Crippen LogP) is 2.52. The van der Waals surface area contributed by atoms with Crippen molar-refractivity contribution >= 4 is 29.3 Å². The quantitative estimate of drug-likeness (QED) is 0.838. The molecule has 0 saturated carbocycles. The zero-order valence-electron chi connectivity index (χ0n) is 9.94. The fourth-order valence-electron chi connectivity index (χ4n) is 1.41. The fourth-order valence-corrected chi connectivity index (χ4v) is 2.05. The maximum absolute atomic E-state index is 12.1. The number of hydrogen-bond donors (Lipinski definition) is 1. The summed E-state index contributed by atoms with van der Waals surface area (Å²) < 4.78 is 0. The van der Waals surface area contributed by atoms with Crippen LogP contribution in [0.2, 0.25) is 5.02 Å². The van der Waals surface area contributed by atoms with Gasteiger partial charge in [0.25, 0.3) is 5.91 Å². The minimum absolute atomic E-state index is 0.0796. The van der Waals surface area contributed by atoms with E-state index < -0.39 is 0 Å². The molecule has 0 bridgehead atoms. The highest BCUT2D eigenvalue weighted by molar-refractivity contribution is 7.98. The van der Waals surface area contributed by atoms with Gasteiger partial charge in [-0.3, -0.25) is 4.79 Å². The van der Waals surface area contributed by atoms with Crippen LogP contribution in [0.5, 0.6) is 0 Å². The summed E-state index contributed by atoms with van der Waals surface area (Å²) in [7, 11) is 1.71. The van der Waals surface area contributed by atoms with Crippen LogP contribution >= 0.6 is 23.4 Å². The van der Waals surface area contributed by atoms with Gasteiger partial charge in [-0.25, -0.2) is 0 Å². The molecular formula is C12H16ClNO2S. The summed E-state index contributed by atoms with van der Waals surface area (Å²) in [6, 6.07) is 5.42. The predicted molar refractivity (Wildman–Crippen MR) is 71.9 cm³/mol. The maximum Gasteiger partial charge on any atom is 0.255 e. The van der Waals surface area contributed by atoms with Crippen molar-refractivity contribution in [2.75, 3.05) is 26.5 Å². The van der Waals surface area contributed by atoms with Crippen LogP contribution in [0, 0.1) is 0 Å². The van der Waals surface area contributed by atoms with Crippen LogP contribution in [0.25, 0.3) is 0 Å². The molecule has 1 N–H and O–H groups in total. The van der Waals surface area contributed by atoms with Crippen LogP contribution in [0.4, 0.5) is 0 Å². The largest absolute Gasteiger partial charge is 0.396 e. The van der Waals surface area contributed by atoms with E-state index in [2.05, 4.69) is 0 Å². The van der Waals surface area contributed by atoms with E-state index in [0.29, 0.717) is 23.6 Å². The van der Waals surface area contributed by atoms with Gasteiger partial charge in [-0.2, -0.15) is 0 Å². The molecule has 17 heavy (non-hydrogen) atoms. The lowest BCUT2D eigenvalue weighted by atomic mass is 10.2. The molecule has 0 aliphatic heterocycles. The minimum atomic E-state index is -0.112. The molecule has 0 saturated heterocycles. The van der Waals surface area contributed by atoms with Gasteiger partial charge >= 0.3 is 0 Å². The Balaban J connectivity index is 2.87. The molecule has 5 heteroatoms. The van der Waals surface area contributed by atoms with Gasteiger partial charge in [0, 0.05) is 25.1 Å². The Morgan fingerprint density at radius 1 is 1.53 bits per heavy atom. The third-order valence-corrected chi connectivity index (χ3v) is 3.46. The van der Waals surface area contributed by atoms with Gasteiger partial charge in [-0.05, 0) is 30.9 Å². The lowest BCUT2D eigenvalue weighted by Crippen LogP contribution is -2.28. The van der Waals surface area contributed by atoms with Crippen molar-refractivity contribution in [3.8, 4) is 0 Å². The Hall–Kier alpha value is -0.710. The molecule has 0 unspecified atom stereocenters. The first-order valence-electron chi connectivity index (χ1n) is 5.30. The van der Waals surface area contributed by atoms with Gasteiger partial charge in [-0.15, -0.1) is 11.8 Å². The van der Waals surface area contributed by atoms with Crippen molar-refractivity contribution in [3.05, 3.63) is 28.8 Å². The average molecular weight is 274 g/mol. The number of aliphatic hydroxyl groups excluding tert-OH is 1. The zero-order chi connectivity index (χ0) is 12.8. The second-order valence-corrected chi connectivity index (χ2v) is 4.94. The lowest BCUT2D eigenvalue weighted by molar-refractivity contribution is 0.0786. The van der Waals surface area contributed by atoms with E-state index in [4.69, 9.17) is 16.7 Å². The highest BCUT2D eigenvalue weighted by Crippen LogP contribution is 2.23. The van der Waals surface area contributed by atoms with Crippen molar-refractivity contribution in [1.82, 2.24) is 4.90 Å². The molecule has 0 fully saturated rings. The van der Waals surface area contributed by atoms with Crippen LogP contribution in [-0.4, -0.2) is 42.4 Å². The number of halogens is 1. The van der Waals surface area contributed by atoms with Crippen molar-refractivity contribution in [3.63, 3.8) is 0 Å². The van der Waals surface area contributed by atoms with Gasteiger partial charge in [0.05, 0.1) is 10.6 Å². The van der Waals surface area contributed by atoms with Crippen molar-refractivity contribution in [2.45, 2.75) is 11.3 Å². The fraction of sp³-hybridized carbons (Fsp3) is 0.417. The van der Waals surface area contributed by atoms with E-state index in [9.17, 15) is 4.79 Å². The van der Waals surface area contributed by atoms with E-state index in [-0.39, 0.29) is 12.5 Å². The summed E-state index contributed by atoms with van der Waals surface area (Å²) in [5.74, 6) is -0.112. The summed E-state index contributed by atoms with van der Waals surface area (Å²) in [5.41, 5.74) is 0.513. The number of thioether (sulfide) groups is 1. The topological polar surface area (TPSA) is 40.5 Å². The van der Waals surface area contributed by atoms with Gasteiger partial charge in [0.2, 0.25) is 0 Å². The summed E-state index contributed by atoms with van der Waals surface area (Å²) in [6.45, 7) is 0.603. The van der Waals surface area contributed by atoms with E-state index in [1.165, 1.54) is 0 Å². The van der Waals surface area contributed by atoms with Gasteiger partial charge < -0.3 is 10.0 Å². The summed E-state index contributed by atoms with van der Waals surface area (Å²) in [6.07, 6.45) is 2.52. The van der Waals surface area contributed by atoms with Crippen LogP contribution < -0.4 is 0 Å². The number of aliphatic hydroxyl groups is 1. The molecule has 1 rings (SSSR count). The van der Waals surface area contributed by atoms with E-state index >= 15 is 0 Å². The van der Waals surface area contributed by atoms with Crippen molar-refractivity contribution < 1.29 is 9.90 Å². The Kier molecular flexibility index (Phi) is 5.82. The summed E-state index contributed by atoms with van der Waals surface area (Å²) >= 11 is 7.59. The zero-order valence-corrected chi connectivity index (χ0v) is 11.5. The Morgan fingerprint density at radius 3 is 2.82 bits per heavy atom. The first-order chi connectivity index (χ1) is 8.10. The highest BCUT2D eigenvalue weighted by atomic mass is 35.5. The maximum atomic E-state index is 12.1. The second-order valence-electron chi connectivity index (χ2n) is 3.65. The third-order valence-electron chi connectivity index (χ3n) is 2.40. The first kappa shape index (κ1) is 14.4.